The van der Waals surface area contributed by atoms with Crippen molar-refractivity contribution >= 4 is 56.5 Å². The number of hydrogen-bond acceptors (Lipinski definition) is 10. The van der Waals surface area contributed by atoms with Crippen LogP contribution in [-0.2, 0) is 9.59 Å². The second-order valence-corrected chi connectivity index (χ2v) is 14.6. The van der Waals surface area contributed by atoms with Gasteiger partial charge in [0.25, 0.3) is 11.8 Å². The molecule has 3 aromatic heterocycles. The molecule has 65 heavy (non-hydrogen) atoms. The normalized spacial score (nSPS) is 15.2. The van der Waals surface area contributed by atoms with Gasteiger partial charge >= 0.3 is 5.97 Å². The average Bonchev–Trinajstić information content (AvgIpc) is 4.00. The molecule has 14 nitrogen and oxygen atoms in total. The molecule has 0 radical (unpaired) electrons. The fourth-order valence-electron chi connectivity index (χ4n) is 5.75. The minimum Gasteiger partial charge on any atom is -0.478 e. The lowest BCUT2D eigenvalue weighted by Gasteiger charge is -2.15. The van der Waals surface area contributed by atoms with Crippen molar-refractivity contribution in [3.63, 3.8) is 0 Å². The third-order valence-corrected chi connectivity index (χ3v) is 9.15. The summed E-state index contributed by atoms with van der Waals surface area (Å²) in [4.78, 5) is 68.8. The number of carbonyl (C=O) groups excluding carboxylic acids is 4. The van der Waals surface area contributed by atoms with Gasteiger partial charge in [-0.15, -0.1) is 0 Å². The quantitative estimate of drug-likeness (QED) is 0.0608. The highest BCUT2D eigenvalue weighted by Gasteiger charge is 2.22. The van der Waals surface area contributed by atoms with Crippen LogP contribution in [0.25, 0.3) is 0 Å². The first-order valence-corrected chi connectivity index (χ1v) is 21.6. The molecule has 2 atom stereocenters. The smallest absolute Gasteiger partial charge is 0.337 e. The van der Waals surface area contributed by atoms with Gasteiger partial charge < -0.3 is 31.7 Å². The maximum absolute atomic E-state index is 12.0. The minimum atomic E-state index is -0.942. The summed E-state index contributed by atoms with van der Waals surface area (Å²) >= 11 is 0. The number of carbonyl (C=O) groups is 5. The van der Waals surface area contributed by atoms with Gasteiger partial charge in [-0.2, -0.15) is 27.0 Å². The molecule has 0 saturated carbocycles. The van der Waals surface area contributed by atoms with Crippen LogP contribution in [0, 0.1) is 0 Å². The zero-order valence-electron chi connectivity index (χ0n) is 37.8. The maximum Gasteiger partial charge on any atom is 0.337 e. The summed E-state index contributed by atoms with van der Waals surface area (Å²) < 4.78 is 0. The predicted molar refractivity (Wildman–Crippen MR) is 270 cm³/mol. The highest BCUT2D eigenvalue weighted by atomic mass is 32.1. The second-order valence-electron chi connectivity index (χ2n) is 14.6. The van der Waals surface area contributed by atoms with Crippen molar-refractivity contribution in [1.82, 2.24) is 35.8 Å². The summed E-state index contributed by atoms with van der Waals surface area (Å²) in [6.45, 7) is 7.06. The van der Waals surface area contributed by atoms with Crippen molar-refractivity contribution in [3.05, 3.63) is 151 Å². The van der Waals surface area contributed by atoms with E-state index in [1.54, 1.807) is 48.9 Å². The topological polar surface area (TPSA) is 210 Å². The van der Waals surface area contributed by atoms with E-state index in [1.807, 2.05) is 4.90 Å². The highest BCUT2D eigenvalue weighted by molar-refractivity contribution is 7.59. The van der Waals surface area contributed by atoms with E-state index in [-0.39, 0.29) is 74.7 Å². The Labute approximate surface area is 399 Å². The predicted octanol–water partition coefficient (Wildman–Crippen LogP) is 7.05. The van der Waals surface area contributed by atoms with E-state index in [2.05, 4.69) is 98.6 Å². The monoisotopic (exact) mass is 930 g/mol. The SMILES string of the molecule is CC(=O)CNC(=O)c1cccnc1.CC/C=C\C/C=C\C/C=C\C/C=C\C/C=C\CCCC(=O)N1CC[C@H](N)C1.O=C(N[C@H]1CCNC1)c1cccnc1.O=C(O)c1cccnc1.S.S. The molecule has 0 spiro atoms. The van der Waals surface area contributed by atoms with E-state index in [0.29, 0.717) is 17.5 Å². The van der Waals surface area contributed by atoms with Gasteiger partial charge in [0, 0.05) is 75.3 Å². The lowest BCUT2D eigenvalue weighted by Crippen LogP contribution is -2.36. The molecular weight excluding hydrogens is 861 g/mol. The molecule has 3 aromatic rings. The van der Waals surface area contributed by atoms with Gasteiger partial charge in [0.15, 0.2) is 0 Å². The Morgan fingerprint density at radius 1 is 0.754 bits per heavy atom. The Bertz CT molecular complexity index is 1910. The van der Waals surface area contributed by atoms with E-state index < -0.39 is 5.97 Å². The first-order valence-electron chi connectivity index (χ1n) is 21.6. The Balaban J connectivity index is 0.000000906. The van der Waals surface area contributed by atoms with Crippen molar-refractivity contribution in [1.29, 1.82) is 0 Å². The van der Waals surface area contributed by atoms with Gasteiger partial charge in [-0.25, -0.2) is 4.79 Å². The molecular formula is C49H70N8O6S2. The van der Waals surface area contributed by atoms with Gasteiger partial charge in [0.2, 0.25) is 5.91 Å². The third kappa shape index (κ3) is 30.2. The number of rotatable bonds is 19. The number of Topliss-reactive ketones (excluding diaryl/α,β-unsaturated/α-hetero) is 1. The Kier molecular flexibility index (Phi) is 35.4. The van der Waals surface area contributed by atoms with Crippen LogP contribution in [0.4, 0.5) is 0 Å². The minimum absolute atomic E-state index is 0. The van der Waals surface area contributed by atoms with E-state index in [1.165, 1.54) is 31.6 Å². The number of likely N-dealkylation sites (tertiary alicyclic amines) is 1. The Morgan fingerprint density at radius 3 is 1.68 bits per heavy atom. The highest BCUT2D eigenvalue weighted by Crippen LogP contribution is 2.10. The molecule has 5 rings (SSSR count). The van der Waals surface area contributed by atoms with Crippen molar-refractivity contribution in [2.24, 2.45) is 5.73 Å². The van der Waals surface area contributed by atoms with Gasteiger partial charge in [-0.1, -0.05) is 67.7 Å². The van der Waals surface area contributed by atoms with E-state index >= 15 is 0 Å². The molecule has 2 aliphatic heterocycles. The summed E-state index contributed by atoms with van der Waals surface area (Å²) in [5.41, 5.74) is 7.14. The van der Waals surface area contributed by atoms with E-state index in [9.17, 15) is 24.0 Å². The van der Waals surface area contributed by atoms with Crippen LogP contribution in [0.15, 0.2) is 134 Å². The number of allylic oxidation sites excluding steroid dienone is 10. The van der Waals surface area contributed by atoms with Gasteiger partial charge in [0.05, 0.1) is 23.2 Å². The number of pyridine rings is 3. The van der Waals surface area contributed by atoms with Crippen molar-refractivity contribution in [2.75, 3.05) is 32.7 Å². The fraction of sp³-hybridized carbons (Fsp3) is 0.388. The Hall–Kier alpha value is -5.68. The number of unbranched alkanes of at least 4 members (excludes halogenated alkanes) is 1. The summed E-state index contributed by atoms with van der Waals surface area (Å²) in [7, 11) is 0. The summed E-state index contributed by atoms with van der Waals surface area (Å²) in [6, 6.07) is 10.4. The fourth-order valence-corrected chi connectivity index (χ4v) is 5.75. The van der Waals surface area contributed by atoms with Crippen LogP contribution >= 0.6 is 27.0 Å². The van der Waals surface area contributed by atoms with Crippen LogP contribution < -0.4 is 21.7 Å². The van der Waals surface area contributed by atoms with Crippen molar-refractivity contribution < 1.29 is 29.1 Å². The van der Waals surface area contributed by atoms with E-state index in [4.69, 9.17) is 10.8 Å². The number of hydrogen-bond donors (Lipinski definition) is 5. The third-order valence-electron chi connectivity index (χ3n) is 9.15. The number of carboxylic acids is 1. The molecule has 0 aliphatic carbocycles. The largest absolute Gasteiger partial charge is 0.478 e. The van der Waals surface area contributed by atoms with Crippen molar-refractivity contribution in [3.8, 4) is 0 Å². The first-order chi connectivity index (χ1) is 30.6. The number of nitrogens with zero attached hydrogens (tertiary/aromatic N) is 4. The van der Waals surface area contributed by atoms with Crippen LogP contribution in [0.1, 0.15) is 109 Å². The van der Waals surface area contributed by atoms with Crippen molar-refractivity contribution in [2.45, 2.75) is 90.1 Å². The lowest BCUT2D eigenvalue weighted by atomic mass is 10.2. The number of aromatic nitrogens is 3. The number of ketones is 1. The molecule has 2 aliphatic rings. The standard InChI is InChI=1S/C24H38N2O.C10H13N3O.C9H10N2O2.C6H5NO2.2H2S/c1-2-3-4-5-6-7-8-9-10-11-12-13-14-15-16-17-18-19-24(27)26-21-20-23(25)22-26;14-10(8-2-1-4-11-6-8)13-9-3-5-12-7-9;1-7(12)5-11-9(13)8-3-2-4-10-6-8;8-6(9)5-2-1-3-7-4-5;;/h3-4,6-7,9-10,12-13,15-16,23H,2,5,8,11,14,17-22,25H2,1H3;1-2,4,6,9,12H,3,5,7H2,(H,13,14);2-4,6H,5H2,1H3,(H,11,13);1-4H,(H,8,9);2*1H2/b4-3-,7-6-,10-9-,13-12-,16-15-;;;;;/t23-;9-;;;;/m00..../s1. The molecule has 5 heterocycles. The van der Waals surface area contributed by atoms with Gasteiger partial charge in [0.1, 0.15) is 5.78 Å². The second kappa shape index (κ2) is 38.8. The molecule has 16 heteroatoms. The Morgan fingerprint density at radius 2 is 1.26 bits per heavy atom. The molecule has 3 amide bonds. The molecule has 354 valence electrons. The number of carboxylic acid groups (broad SMARTS) is 1. The summed E-state index contributed by atoms with van der Waals surface area (Å²) in [6.07, 6.45) is 40.7. The average molecular weight is 931 g/mol. The van der Waals surface area contributed by atoms with Crippen LogP contribution in [-0.4, -0.2) is 99.2 Å². The summed E-state index contributed by atoms with van der Waals surface area (Å²) in [5, 5.41) is 17.0. The number of nitrogens with one attached hydrogen (secondary N) is 3. The van der Waals surface area contributed by atoms with Crippen LogP contribution in [0.3, 0.4) is 0 Å². The molecule has 0 unspecified atom stereocenters. The van der Waals surface area contributed by atoms with Crippen LogP contribution in [0.2, 0.25) is 0 Å². The maximum atomic E-state index is 12.0. The molecule has 0 aromatic carbocycles. The number of nitrogens with two attached hydrogens (primary N) is 1. The summed E-state index contributed by atoms with van der Waals surface area (Å²) in [5.74, 6) is -1.06. The van der Waals surface area contributed by atoms with E-state index in [0.717, 1.165) is 84.0 Å². The molecule has 6 N–H and O–H groups in total. The lowest BCUT2D eigenvalue weighted by molar-refractivity contribution is -0.130. The first kappa shape index (κ1) is 59.3. The number of amides is 3. The zero-order chi connectivity index (χ0) is 45.8. The van der Waals surface area contributed by atoms with Crippen LogP contribution in [0.5, 0.6) is 0 Å². The molecule has 2 saturated heterocycles. The zero-order valence-corrected chi connectivity index (χ0v) is 39.8. The molecule has 0 bridgehead atoms. The van der Waals surface area contributed by atoms with Gasteiger partial charge in [-0.3, -0.25) is 34.1 Å². The molecule has 2 fully saturated rings. The van der Waals surface area contributed by atoms with Gasteiger partial charge in [-0.05, 0) is 108 Å². The number of aromatic carboxylic acids is 1.